The topological polar surface area (TPSA) is 248 Å². The van der Waals surface area contributed by atoms with Crippen LogP contribution in [-0.4, -0.2) is 70.4 Å². The van der Waals surface area contributed by atoms with Gasteiger partial charge < -0.3 is 34.0 Å². The molecule has 3 unspecified atom stereocenters. The Kier molecular flexibility index (Phi) is 8.95. The standard InChI is InChI=1S/C20H27N7O11P2S2/c1-9-5-26(20(30)25-17(9)28)14-4-11(12(37-14)7-34-39(31,32)41)38-40(33,42)35-6-10-2-3-13(36-10)27-8-22-15-16(27)23-19(21)24-18(15)29/h5,8,10-14H,2-4,6-7H2,1H3,(H,33,42)(H,25,28,30)(H2,31,32,41)(H3,21,23,24,29)/t10-,11+,12+,13?,14-,40?/m0/s1. The SMILES string of the molecule is Cc1cn([C@@H]2C[C@@H](OP(O)(=S)OC[C@@H]3CCC(n4cnc5c(=O)[nH]c(N)nc54)O3)[C@@H](COP(=O)(O)S)O2)c(=O)[nH]c1=O. The molecule has 6 N–H and O–H groups in total. The van der Waals surface area contributed by atoms with Crippen molar-refractivity contribution in [1.82, 2.24) is 29.1 Å². The normalized spacial score (nSPS) is 27.3. The highest BCUT2D eigenvalue weighted by molar-refractivity contribution is 8.44. The fourth-order valence-electron chi connectivity index (χ4n) is 4.65. The molecule has 7 atom stereocenters. The van der Waals surface area contributed by atoms with Gasteiger partial charge in [-0.3, -0.25) is 33.2 Å². The summed E-state index contributed by atoms with van der Waals surface area (Å²) in [4.78, 5) is 69.3. The molecule has 2 fully saturated rings. The maximum atomic E-state index is 12.4. The van der Waals surface area contributed by atoms with Crippen molar-refractivity contribution in [2.75, 3.05) is 18.9 Å². The van der Waals surface area contributed by atoms with Gasteiger partial charge in [0.1, 0.15) is 18.6 Å². The third kappa shape index (κ3) is 7.11. The van der Waals surface area contributed by atoms with Gasteiger partial charge in [-0.05, 0) is 31.6 Å². The summed E-state index contributed by atoms with van der Waals surface area (Å²) in [6.45, 7) is -7.29. The summed E-state index contributed by atoms with van der Waals surface area (Å²) in [7, 11) is 0. The number of rotatable bonds is 10. The molecule has 3 aromatic rings. The zero-order valence-electron chi connectivity index (χ0n) is 21.8. The van der Waals surface area contributed by atoms with Crippen molar-refractivity contribution in [3.8, 4) is 0 Å². The smallest absolute Gasteiger partial charge is 0.369 e. The predicted molar refractivity (Wildman–Crippen MR) is 152 cm³/mol. The molecule has 5 rings (SSSR count). The van der Waals surface area contributed by atoms with E-state index >= 15 is 0 Å². The first-order valence-electron chi connectivity index (χ1n) is 12.4. The van der Waals surface area contributed by atoms with Gasteiger partial charge in [-0.2, -0.15) is 4.98 Å². The lowest BCUT2D eigenvalue weighted by atomic mass is 10.2. The molecule has 0 bridgehead atoms. The minimum atomic E-state index is -4.21. The maximum Gasteiger partial charge on any atom is 0.383 e. The number of aryl methyl sites for hydroxylation is 1. The number of fused-ring (bicyclic) bond motifs is 1. The molecule has 0 saturated carbocycles. The molecular weight excluding hydrogens is 640 g/mol. The fraction of sp³-hybridized carbons (Fsp3) is 0.550. The quantitative estimate of drug-likeness (QED) is 0.125. The van der Waals surface area contributed by atoms with Gasteiger partial charge in [-0.1, -0.05) is 12.2 Å². The van der Waals surface area contributed by atoms with E-state index in [0.717, 1.165) is 4.57 Å². The van der Waals surface area contributed by atoms with Crippen LogP contribution < -0.4 is 22.5 Å². The van der Waals surface area contributed by atoms with Gasteiger partial charge in [0, 0.05) is 18.2 Å². The second-order valence-corrected chi connectivity index (χ2v) is 15.1. The first-order chi connectivity index (χ1) is 19.7. The number of imidazole rings is 1. The largest absolute Gasteiger partial charge is 0.383 e. The molecular formula is C20H27N7O11P2S2. The molecule has 3 aromatic heterocycles. The van der Waals surface area contributed by atoms with Crippen molar-refractivity contribution in [2.45, 2.75) is 57.0 Å². The number of H-pyrrole nitrogens is 2. The number of hydrogen-bond acceptors (Lipinski definition) is 13. The molecule has 22 heteroatoms. The first-order valence-corrected chi connectivity index (χ1v) is 17.7. The highest BCUT2D eigenvalue weighted by Gasteiger charge is 2.42. The van der Waals surface area contributed by atoms with E-state index in [1.807, 2.05) is 0 Å². The third-order valence-electron chi connectivity index (χ3n) is 6.58. The number of nitrogens with one attached hydrogen (secondary N) is 2. The van der Waals surface area contributed by atoms with Crippen molar-refractivity contribution in [3.05, 3.63) is 49.3 Å². The van der Waals surface area contributed by atoms with Crippen LogP contribution >= 0.6 is 25.8 Å². The summed E-state index contributed by atoms with van der Waals surface area (Å²) in [6, 6.07) is 0. The van der Waals surface area contributed by atoms with Crippen LogP contribution in [0.3, 0.4) is 0 Å². The van der Waals surface area contributed by atoms with Gasteiger partial charge >= 0.3 is 19.2 Å². The Morgan fingerprint density at radius 1 is 1.14 bits per heavy atom. The van der Waals surface area contributed by atoms with Gasteiger partial charge in [0.15, 0.2) is 11.2 Å². The van der Waals surface area contributed by atoms with E-state index in [1.54, 1.807) is 4.57 Å². The van der Waals surface area contributed by atoms with E-state index in [2.05, 4.69) is 32.2 Å². The number of aromatic amines is 2. The fourth-order valence-corrected chi connectivity index (χ4v) is 6.68. The van der Waals surface area contributed by atoms with Gasteiger partial charge in [0.25, 0.3) is 11.1 Å². The number of thiol groups is 1. The van der Waals surface area contributed by atoms with Crippen LogP contribution in [0, 0.1) is 6.92 Å². The second kappa shape index (κ2) is 12.0. The number of nitrogens with two attached hydrogens (primary N) is 1. The van der Waals surface area contributed by atoms with E-state index in [4.69, 9.17) is 40.6 Å². The van der Waals surface area contributed by atoms with Crippen LogP contribution in [0.2, 0.25) is 0 Å². The van der Waals surface area contributed by atoms with Crippen LogP contribution in [0.25, 0.3) is 11.2 Å². The van der Waals surface area contributed by atoms with Crippen molar-refractivity contribution in [3.63, 3.8) is 0 Å². The van der Waals surface area contributed by atoms with Gasteiger partial charge in [-0.25, -0.2) is 14.3 Å². The van der Waals surface area contributed by atoms with Gasteiger partial charge in [0.05, 0.1) is 31.7 Å². The molecule has 2 saturated heterocycles. The van der Waals surface area contributed by atoms with E-state index in [9.17, 15) is 28.7 Å². The Morgan fingerprint density at radius 2 is 1.90 bits per heavy atom. The number of nitrogens with zero attached hydrogens (tertiary/aromatic N) is 4. The molecule has 5 heterocycles. The van der Waals surface area contributed by atoms with Crippen molar-refractivity contribution < 1.29 is 37.4 Å². The van der Waals surface area contributed by atoms with Crippen LogP contribution in [0.1, 0.15) is 37.3 Å². The summed E-state index contributed by atoms with van der Waals surface area (Å²) >= 11 is 8.69. The Morgan fingerprint density at radius 3 is 2.64 bits per heavy atom. The van der Waals surface area contributed by atoms with E-state index in [-0.39, 0.29) is 35.7 Å². The minimum absolute atomic E-state index is 0.0466. The Balaban J connectivity index is 1.24. The van der Waals surface area contributed by atoms with E-state index in [1.165, 1.54) is 19.4 Å². The molecule has 230 valence electrons. The zero-order valence-corrected chi connectivity index (χ0v) is 25.3. The minimum Gasteiger partial charge on any atom is -0.369 e. The van der Waals surface area contributed by atoms with E-state index < -0.39 is 67.7 Å². The lowest BCUT2D eigenvalue weighted by Crippen LogP contribution is -2.33. The van der Waals surface area contributed by atoms with Crippen LogP contribution in [0.4, 0.5) is 5.95 Å². The Labute approximate surface area is 246 Å². The highest BCUT2D eigenvalue weighted by Crippen LogP contribution is 2.51. The summed E-state index contributed by atoms with van der Waals surface area (Å²) in [5.41, 5.74) is 4.47. The molecule has 0 radical (unpaired) electrons. The van der Waals surface area contributed by atoms with Crippen LogP contribution in [0.15, 0.2) is 26.9 Å². The summed E-state index contributed by atoms with van der Waals surface area (Å²) < 4.78 is 42.2. The number of aromatic nitrogens is 6. The predicted octanol–water partition coefficient (Wildman–Crippen LogP) is 0.191. The monoisotopic (exact) mass is 667 g/mol. The lowest BCUT2D eigenvalue weighted by molar-refractivity contribution is -0.0431. The molecule has 18 nitrogen and oxygen atoms in total. The maximum absolute atomic E-state index is 12.4. The molecule has 42 heavy (non-hydrogen) atoms. The molecule has 0 aromatic carbocycles. The summed E-state index contributed by atoms with van der Waals surface area (Å²) in [5.74, 6) is -0.0659. The van der Waals surface area contributed by atoms with Gasteiger partial charge in [0.2, 0.25) is 5.95 Å². The number of nitrogen functional groups attached to an aromatic ring is 1. The van der Waals surface area contributed by atoms with Crippen molar-refractivity contribution >= 4 is 54.7 Å². The van der Waals surface area contributed by atoms with Gasteiger partial charge in [-0.15, -0.1) is 0 Å². The summed E-state index contributed by atoms with van der Waals surface area (Å²) in [5, 5.41) is 0. The molecule has 0 aliphatic carbocycles. The number of anilines is 1. The molecule has 0 spiro atoms. The van der Waals surface area contributed by atoms with Crippen LogP contribution in [0.5, 0.6) is 0 Å². The van der Waals surface area contributed by atoms with Crippen LogP contribution in [-0.2, 0) is 39.4 Å². The molecule has 2 aliphatic rings. The Hall–Kier alpha value is -2.22. The second-order valence-electron chi connectivity index (χ2n) is 9.60. The average molecular weight is 668 g/mol. The van der Waals surface area contributed by atoms with E-state index in [0.29, 0.717) is 12.8 Å². The van der Waals surface area contributed by atoms with Crippen molar-refractivity contribution in [1.29, 1.82) is 0 Å². The Bertz CT molecular complexity index is 1750. The zero-order chi connectivity index (χ0) is 30.4. The average Bonchev–Trinajstić information content (AvgIpc) is 3.61. The number of hydrogen-bond donors (Lipinski definition) is 6. The molecule has 2 aliphatic heterocycles. The molecule has 0 amide bonds. The summed E-state index contributed by atoms with van der Waals surface area (Å²) in [6.07, 6.45) is -0.441. The number of ether oxygens (including phenoxy) is 2. The third-order valence-corrected chi connectivity index (χ3v) is 9.00. The lowest BCUT2D eigenvalue weighted by Gasteiger charge is -2.24. The van der Waals surface area contributed by atoms with Crippen molar-refractivity contribution in [2.24, 2.45) is 0 Å². The highest BCUT2D eigenvalue weighted by atomic mass is 32.7. The first kappa shape index (κ1) is 31.2.